The smallest absolute Gasteiger partial charge is 0.336 e. The summed E-state index contributed by atoms with van der Waals surface area (Å²) in [4.78, 5) is 23.6. The molecule has 0 aliphatic heterocycles. The maximum Gasteiger partial charge on any atom is 0.336 e. The van der Waals surface area contributed by atoms with Crippen LogP contribution in [0.25, 0.3) is 11.0 Å². The second-order valence-corrected chi connectivity index (χ2v) is 5.93. The molecule has 0 saturated carbocycles. The third kappa shape index (κ3) is 3.54. The Hall–Kier alpha value is -3.28. The molecule has 0 unspecified atom stereocenters. The van der Waals surface area contributed by atoms with Crippen molar-refractivity contribution in [1.82, 2.24) is 5.32 Å². The Bertz CT molecular complexity index is 1020. The van der Waals surface area contributed by atoms with Crippen LogP contribution in [0, 0.1) is 0 Å². The summed E-state index contributed by atoms with van der Waals surface area (Å²) >= 11 is 0. The van der Waals surface area contributed by atoms with Crippen molar-refractivity contribution in [2.24, 2.45) is 0 Å². The van der Waals surface area contributed by atoms with Crippen LogP contribution in [0.3, 0.4) is 0 Å². The lowest BCUT2D eigenvalue weighted by atomic mass is 10.0. The van der Waals surface area contributed by atoms with Gasteiger partial charge in [0.2, 0.25) is 0 Å². The fraction of sp³-hybridized carbons (Fsp3) is 0.200. The highest BCUT2D eigenvalue weighted by molar-refractivity contribution is 5.94. The van der Waals surface area contributed by atoms with Gasteiger partial charge in [-0.2, -0.15) is 0 Å². The molecule has 0 aliphatic rings. The number of nitrogens with one attached hydrogen (secondary N) is 2. The molecule has 0 saturated heterocycles. The molecule has 0 radical (unpaired) electrons. The molecule has 3 rings (SSSR count). The van der Waals surface area contributed by atoms with Gasteiger partial charge in [-0.15, -0.1) is 0 Å². The number of rotatable bonds is 5. The highest BCUT2D eigenvalue weighted by Crippen LogP contribution is 2.27. The zero-order valence-corrected chi connectivity index (χ0v) is 14.6. The van der Waals surface area contributed by atoms with Crippen LogP contribution in [0.4, 0.5) is 5.69 Å². The van der Waals surface area contributed by atoms with Gasteiger partial charge < -0.3 is 20.2 Å². The Kier molecular flexibility index (Phi) is 4.93. The van der Waals surface area contributed by atoms with E-state index in [1.54, 1.807) is 25.2 Å². The minimum atomic E-state index is -0.475. The van der Waals surface area contributed by atoms with E-state index < -0.39 is 5.63 Å². The van der Waals surface area contributed by atoms with Crippen LogP contribution in [0.5, 0.6) is 5.75 Å². The summed E-state index contributed by atoms with van der Waals surface area (Å²) in [7, 11) is 1.58. The predicted octanol–water partition coefficient (Wildman–Crippen LogP) is 3.03. The third-order valence-corrected chi connectivity index (χ3v) is 4.25. The fourth-order valence-corrected chi connectivity index (χ4v) is 2.85. The minimum Gasteiger partial charge on any atom is -0.508 e. The monoisotopic (exact) mass is 352 g/mol. The van der Waals surface area contributed by atoms with Gasteiger partial charge in [0.15, 0.2) is 0 Å². The number of aromatic hydroxyl groups is 1. The van der Waals surface area contributed by atoms with Gasteiger partial charge >= 0.3 is 5.63 Å². The van der Waals surface area contributed by atoms with E-state index in [4.69, 9.17) is 4.42 Å². The Morgan fingerprint density at radius 3 is 2.69 bits per heavy atom. The minimum absolute atomic E-state index is 0.117. The van der Waals surface area contributed by atoms with Gasteiger partial charge in [0, 0.05) is 42.4 Å². The first-order chi connectivity index (χ1) is 12.5. The van der Waals surface area contributed by atoms with Gasteiger partial charge in [-0.3, -0.25) is 4.79 Å². The molecule has 6 heteroatoms. The Morgan fingerprint density at radius 1 is 1.15 bits per heavy atom. The standard InChI is InChI=1S/C20H20N2O4/c1-3-12-8-16-14(9-19(24)26-18(16)10-17(12)23)11-22-15-6-4-5-13(7-15)20(25)21-2/h4-10,22-23H,3,11H2,1-2H3,(H,21,25). The highest BCUT2D eigenvalue weighted by atomic mass is 16.4. The number of aryl methyl sites for hydroxylation is 1. The first-order valence-electron chi connectivity index (χ1n) is 8.36. The van der Waals surface area contributed by atoms with E-state index in [9.17, 15) is 14.7 Å². The normalized spacial score (nSPS) is 10.7. The van der Waals surface area contributed by atoms with E-state index in [1.807, 2.05) is 19.1 Å². The summed E-state index contributed by atoms with van der Waals surface area (Å²) in [6, 6.07) is 11.9. The number of carbonyl (C=O) groups excluding carboxylic acids is 1. The molecule has 26 heavy (non-hydrogen) atoms. The highest BCUT2D eigenvalue weighted by Gasteiger charge is 2.10. The van der Waals surface area contributed by atoms with E-state index >= 15 is 0 Å². The van der Waals surface area contributed by atoms with Gasteiger partial charge in [0.05, 0.1) is 0 Å². The number of anilines is 1. The van der Waals surface area contributed by atoms with E-state index in [2.05, 4.69) is 10.6 Å². The molecule has 3 aromatic rings. The molecule has 134 valence electrons. The summed E-state index contributed by atoms with van der Waals surface area (Å²) in [5, 5.41) is 16.6. The second-order valence-electron chi connectivity index (χ2n) is 5.93. The summed E-state index contributed by atoms with van der Waals surface area (Å²) in [6.07, 6.45) is 0.669. The van der Waals surface area contributed by atoms with Gasteiger partial charge in [0.1, 0.15) is 11.3 Å². The number of hydrogen-bond donors (Lipinski definition) is 3. The zero-order valence-electron chi connectivity index (χ0n) is 14.6. The first kappa shape index (κ1) is 17.5. The average molecular weight is 352 g/mol. The number of fused-ring (bicyclic) bond motifs is 1. The molecule has 1 heterocycles. The van der Waals surface area contributed by atoms with Gasteiger partial charge in [0.25, 0.3) is 5.91 Å². The van der Waals surface area contributed by atoms with E-state index in [1.165, 1.54) is 12.1 Å². The average Bonchev–Trinajstić information content (AvgIpc) is 2.65. The van der Waals surface area contributed by atoms with Crippen molar-refractivity contribution in [2.45, 2.75) is 19.9 Å². The fourth-order valence-electron chi connectivity index (χ4n) is 2.85. The van der Waals surface area contributed by atoms with Crippen LogP contribution in [0.1, 0.15) is 28.4 Å². The molecule has 0 aliphatic carbocycles. The number of phenols is 1. The van der Waals surface area contributed by atoms with Crippen molar-refractivity contribution in [3.05, 3.63) is 69.6 Å². The Labute approximate surface area is 150 Å². The van der Waals surface area contributed by atoms with Crippen molar-refractivity contribution < 1.29 is 14.3 Å². The summed E-state index contributed by atoms with van der Waals surface area (Å²) in [5.74, 6) is -0.0472. The number of amides is 1. The number of carbonyl (C=O) groups is 1. The van der Waals surface area contributed by atoms with Crippen molar-refractivity contribution in [3.63, 3.8) is 0 Å². The molecule has 3 N–H and O–H groups in total. The molecule has 0 atom stereocenters. The van der Waals surface area contributed by atoms with Crippen molar-refractivity contribution in [2.75, 3.05) is 12.4 Å². The van der Waals surface area contributed by atoms with E-state index in [0.717, 1.165) is 22.2 Å². The van der Waals surface area contributed by atoms with Crippen LogP contribution < -0.4 is 16.3 Å². The number of benzene rings is 2. The predicted molar refractivity (Wildman–Crippen MR) is 101 cm³/mol. The third-order valence-electron chi connectivity index (χ3n) is 4.25. The van der Waals surface area contributed by atoms with E-state index in [-0.39, 0.29) is 11.7 Å². The lowest BCUT2D eigenvalue weighted by molar-refractivity contribution is 0.0963. The summed E-state index contributed by atoms with van der Waals surface area (Å²) < 4.78 is 5.20. The molecule has 1 aromatic heterocycles. The van der Waals surface area contributed by atoms with Crippen LogP contribution in [-0.2, 0) is 13.0 Å². The lowest BCUT2D eigenvalue weighted by Gasteiger charge is -2.11. The number of phenolic OH excluding ortho intramolecular Hbond substituents is 1. The van der Waals surface area contributed by atoms with Gasteiger partial charge in [-0.25, -0.2) is 4.79 Å². The van der Waals surface area contributed by atoms with Gasteiger partial charge in [-0.1, -0.05) is 13.0 Å². The molecule has 1 amide bonds. The SMILES string of the molecule is CCc1cc2c(CNc3cccc(C(=O)NC)c3)cc(=O)oc2cc1O. The van der Waals surface area contributed by atoms with Crippen molar-refractivity contribution >= 4 is 22.6 Å². The number of hydrogen-bond acceptors (Lipinski definition) is 5. The topological polar surface area (TPSA) is 91.6 Å². The molecule has 0 fully saturated rings. The molecular formula is C20H20N2O4. The van der Waals surface area contributed by atoms with Crippen LogP contribution in [0.2, 0.25) is 0 Å². The summed E-state index contributed by atoms with van der Waals surface area (Å²) in [5.41, 5.74) is 2.74. The lowest BCUT2D eigenvalue weighted by Crippen LogP contribution is -2.17. The van der Waals surface area contributed by atoms with Crippen LogP contribution >= 0.6 is 0 Å². The summed E-state index contributed by atoms with van der Waals surface area (Å²) in [6.45, 7) is 2.33. The maximum absolute atomic E-state index is 11.8. The maximum atomic E-state index is 11.8. The van der Waals surface area contributed by atoms with E-state index in [0.29, 0.717) is 24.1 Å². The van der Waals surface area contributed by atoms with Crippen LogP contribution in [-0.4, -0.2) is 18.1 Å². The first-order valence-corrected chi connectivity index (χ1v) is 8.36. The molecular weight excluding hydrogens is 332 g/mol. The second kappa shape index (κ2) is 7.31. The van der Waals surface area contributed by atoms with Crippen LogP contribution in [0.15, 0.2) is 51.7 Å². The molecule has 2 aromatic carbocycles. The zero-order chi connectivity index (χ0) is 18.7. The molecule has 0 spiro atoms. The van der Waals surface area contributed by atoms with Crippen molar-refractivity contribution in [3.8, 4) is 5.75 Å². The van der Waals surface area contributed by atoms with Gasteiger partial charge in [-0.05, 0) is 41.8 Å². The Morgan fingerprint density at radius 2 is 1.96 bits per heavy atom. The molecule has 6 nitrogen and oxygen atoms in total. The largest absolute Gasteiger partial charge is 0.508 e. The quantitative estimate of drug-likeness (QED) is 0.614. The Balaban J connectivity index is 1.94. The molecule has 0 bridgehead atoms. The van der Waals surface area contributed by atoms with Crippen molar-refractivity contribution in [1.29, 1.82) is 0 Å².